The van der Waals surface area contributed by atoms with Crippen LogP contribution in [-0.4, -0.2) is 25.1 Å². The number of carbonyl (C=O) groups excluding carboxylic acids is 1. The number of piperidine rings is 1. The molecule has 1 atom stereocenters. The summed E-state index contributed by atoms with van der Waals surface area (Å²) in [5.74, 6) is 0.569. The molecular formula is C22H28N2O2. The van der Waals surface area contributed by atoms with Crippen molar-refractivity contribution in [1.82, 2.24) is 0 Å². The first-order valence-corrected chi connectivity index (χ1v) is 9.39. The predicted molar refractivity (Wildman–Crippen MR) is 107 cm³/mol. The summed E-state index contributed by atoms with van der Waals surface area (Å²) >= 11 is 0. The average molecular weight is 352 g/mol. The molecular weight excluding hydrogens is 324 g/mol. The predicted octanol–water partition coefficient (Wildman–Crippen LogP) is 4.70. The van der Waals surface area contributed by atoms with Crippen molar-refractivity contribution in [1.29, 1.82) is 0 Å². The van der Waals surface area contributed by atoms with E-state index in [1.165, 1.54) is 30.5 Å². The van der Waals surface area contributed by atoms with Gasteiger partial charge in [-0.2, -0.15) is 0 Å². The van der Waals surface area contributed by atoms with Crippen molar-refractivity contribution in [2.24, 2.45) is 0 Å². The van der Waals surface area contributed by atoms with Gasteiger partial charge in [0, 0.05) is 24.0 Å². The molecule has 1 saturated heterocycles. The van der Waals surface area contributed by atoms with Crippen molar-refractivity contribution in [3.8, 4) is 5.75 Å². The van der Waals surface area contributed by atoms with Crippen molar-refractivity contribution in [3.63, 3.8) is 0 Å². The zero-order chi connectivity index (χ0) is 18.5. The van der Waals surface area contributed by atoms with Crippen LogP contribution >= 0.6 is 0 Å². The maximum absolute atomic E-state index is 12.1. The van der Waals surface area contributed by atoms with Crippen LogP contribution in [0, 0.1) is 13.8 Å². The highest BCUT2D eigenvalue weighted by atomic mass is 16.5. The molecule has 2 aromatic carbocycles. The minimum atomic E-state index is -0.151. The first-order valence-electron chi connectivity index (χ1n) is 9.39. The molecule has 1 heterocycles. The first-order chi connectivity index (χ1) is 12.5. The third kappa shape index (κ3) is 4.57. The summed E-state index contributed by atoms with van der Waals surface area (Å²) in [6, 6.07) is 14.5. The van der Waals surface area contributed by atoms with Gasteiger partial charge in [0.2, 0.25) is 0 Å². The number of rotatable bonds is 5. The third-order valence-corrected chi connectivity index (χ3v) is 5.13. The molecule has 1 aliphatic rings. The van der Waals surface area contributed by atoms with Crippen LogP contribution in [0.25, 0.3) is 0 Å². The summed E-state index contributed by atoms with van der Waals surface area (Å²) in [5.41, 5.74) is 4.39. The van der Waals surface area contributed by atoms with Gasteiger partial charge in [-0.05, 0) is 87.6 Å². The molecule has 3 rings (SSSR count). The molecule has 0 saturated carbocycles. The topological polar surface area (TPSA) is 41.6 Å². The zero-order valence-corrected chi connectivity index (χ0v) is 15.9. The van der Waals surface area contributed by atoms with Crippen LogP contribution in [0.5, 0.6) is 5.75 Å². The molecule has 0 radical (unpaired) electrons. The van der Waals surface area contributed by atoms with E-state index < -0.39 is 0 Å². The van der Waals surface area contributed by atoms with Crippen LogP contribution in [0.4, 0.5) is 11.4 Å². The first kappa shape index (κ1) is 18.3. The van der Waals surface area contributed by atoms with Gasteiger partial charge in [-0.1, -0.05) is 6.07 Å². The van der Waals surface area contributed by atoms with Gasteiger partial charge < -0.3 is 15.0 Å². The zero-order valence-electron chi connectivity index (χ0n) is 15.9. The minimum Gasteiger partial charge on any atom is -0.484 e. The maximum Gasteiger partial charge on any atom is 0.262 e. The van der Waals surface area contributed by atoms with Crippen LogP contribution in [0.2, 0.25) is 0 Å². The highest BCUT2D eigenvalue weighted by Crippen LogP contribution is 2.25. The number of nitrogens with one attached hydrogen (secondary N) is 1. The molecule has 0 bridgehead atoms. The van der Waals surface area contributed by atoms with E-state index in [-0.39, 0.29) is 12.5 Å². The maximum atomic E-state index is 12.1. The lowest BCUT2D eigenvalue weighted by atomic mass is 10.0. The Balaban J connectivity index is 1.53. The lowest BCUT2D eigenvalue weighted by Gasteiger charge is -2.35. The fourth-order valence-corrected chi connectivity index (χ4v) is 3.37. The molecule has 0 spiro atoms. The summed E-state index contributed by atoms with van der Waals surface area (Å²) < 4.78 is 5.59. The normalized spacial score (nSPS) is 17.0. The number of nitrogens with zero attached hydrogens (tertiary/aromatic N) is 1. The highest BCUT2D eigenvalue weighted by Gasteiger charge is 2.18. The van der Waals surface area contributed by atoms with Crippen LogP contribution in [0.15, 0.2) is 42.5 Å². The van der Waals surface area contributed by atoms with Gasteiger partial charge in [0.15, 0.2) is 6.61 Å². The molecule has 1 amide bonds. The van der Waals surface area contributed by atoms with E-state index in [0.717, 1.165) is 23.5 Å². The van der Waals surface area contributed by atoms with Gasteiger partial charge in [0.25, 0.3) is 5.91 Å². The molecule has 0 aromatic heterocycles. The number of benzene rings is 2. The number of anilines is 2. The van der Waals surface area contributed by atoms with Crippen molar-refractivity contribution in [2.45, 2.75) is 46.1 Å². The van der Waals surface area contributed by atoms with Crippen molar-refractivity contribution in [3.05, 3.63) is 53.6 Å². The monoisotopic (exact) mass is 352 g/mol. The van der Waals surface area contributed by atoms with Gasteiger partial charge in [-0.25, -0.2) is 0 Å². The van der Waals surface area contributed by atoms with Crippen LogP contribution < -0.4 is 15.0 Å². The Hall–Kier alpha value is -2.49. The summed E-state index contributed by atoms with van der Waals surface area (Å²) in [7, 11) is 0. The number of amides is 1. The van der Waals surface area contributed by atoms with E-state index in [1.54, 1.807) is 0 Å². The van der Waals surface area contributed by atoms with E-state index in [0.29, 0.717) is 6.04 Å². The van der Waals surface area contributed by atoms with Gasteiger partial charge in [0.05, 0.1) is 0 Å². The Kier molecular flexibility index (Phi) is 5.82. The number of hydrogen-bond acceptors (Lipinski definition) is 3. The molecule has 2 aromatic rings. The largest absolute Gasteiger partial charge is 0.484 e. The Morgan fingerprint density at radius 1 is 1.12 bits per heavy atom. The Morgan fingerprint density at radius 2 is 1.88 bits per heavy atom. The van der Waals surface area contributed by atoms with Gasteiger partial charge >= 0.3 is 0 Å². The molecule has 1 N–H and O–H groups in total. The molecule has 4 nitrogen and oxygen atoms in total. The van der Waals surface area contributed by atoms with E-state index in [4.69, 9.17) is 4.74 Å². The second-order valence-electron chi connectivity index (χ2n) is 7.17. The summed E-state index contributed by atoms with van der Waals surface area (Å²) in [4.78, 5) is 14.6. The Bertz CT molecular complexity index is 755. The van der Waals surface area contributed by atoms with Crippen LogP contribution in [-0.2, 0) is 4.79 Å². The Morgan fingerprint density at radius 3 is 2.58 bits per heavy atom. The lowest BCUT2D eigenvalue weighted by Crippen LogP contribution is -2.37. The number of aryl methyl sites for hydroxylation is 2. The second kappa shape index (κ2) is 8.26. The van der Waals surface area contributed by atoms with E-state index in [9.17, 15) is 4.79 Å². The lowest BCUT2D eigenvalue weighted by molar-refractivity contribution is -0.118. The Labute approximate surface area is 156 Å². The molecule has 1 aliphatic heterocycles. The second-order valence-corrected chi connectivity index (χ2v) is 7.17. The van der Waals surface area contributed by atoms with Crippen molar-refractivity contribution >= 4 is 17.3 Å². The van der Waals surface area contributed by atoms with Crippen molar-refractivity contribution in [2.75, 3.05) is 23.4 Å². The number of ether oxygens (including phenoxy) is 1. The van der Waals surface area contributed by atoms with Crippen LogP contribution in [0.1, 0.15) is 37.3 Å². The third-order valence-electron chi connectivity index (χ3n) is 5.13. The summed E-state index contributed by atoms with van der Waals surface area (Å²) in [6.45, 7) is 7.48. The van der Waals surface area contributed by atoms with Gasteiger partial charge in [-0.15, -0.1) is 0 Å². The fourth-order valence-electron chi connectivity index (χ4n) is 3.37. The average Bonchev–Trinajstić information content (AvgIpc) is 2.64. The van der Waals surface area contributed by atoms with Crippen molar-refractivity contribution < 1.29 is 9.53 Å². The summed E-state index contributed by atoms with van der Waals surface area (Å²) in [6.07, 6.45) is 3.80. The quantitative estimate of drug-likeness (QED) is 0.848. The molecule has 138 valence electrons. The number of carbonyl (C=O) groups is 1. The molecule has 4 heteroatoms. The number of hydrogen-bond donors (Lipinski definition) is 1. The summed E-state index contributed by atoms with van der Waals surface area (Å²) in [5, 5.41) is 2.90. The van der Waals surface area contributed by atoms with Gasteiger partial charge in [-0.3, -0.25) is 4.79 Å². The van der Waals surface area contributed by atoms with E-state index in [1.807, 2.05) is 37.3 Å². The standard InChI is InChI=1S/C22H28N2O2/c1-16-7-12-21(14-17(16)2)26-15-22(25)23-19-8-10-20(11-9-19)24-13-5-4-6-18(24)3/h7-12,14,18H,4-6,13,15H2,1-3H3,(H,23,25)/t18-/m1/s1. The highest BCUT2D eigenvalue weighted by molar-refractivity contribution is 5.92. The molecule has 0 unspecified atom stereocenters. The minimum absolute atomic E-state index is 0.00735. The smallest absolute Gasteiger partial charge is 0.262 e. The SMILES string of the molecule is Cc1ccc(OCC(=O)Nc2ccc(N3CCCC[C@H]3C)cc2)cc1C. The fraction of sp³-hybridized carbons (Fsp3) is 0.409. The van der Waals surface area contributed by atoms with Crippen LogP contribution in [0.3, 0.4) is 0 Å². The van der Waals surface area contributed by atoms with E-state index >= 15 is 0 Å². The van der Waals surface area contributed by atoms with Gasteiger partial charge in [0.1, 0.15) is 5.75 Å². The van der Waals surface area contributed by atoms with E-state index in [2.05, 4.69) is 36.2 Å². The molecule has 1 fully saturated rings. The molecule has 0 aliphatic carbocycles. The molecule has 26 heavy (non-hydrogen) atoms.